The first-order valence-electron chi connectivity index (χ1n) is 7.61. The van der Waals surface area contributed by atoms with Crippen molar-refractivity contribution in [3.63, 3.8) is 0 Å². The van der Waals surface area contributed by atoms with Crippen LogP contribution in [-0.2, 0) is 15.9 Å². The van der Waals surface area contributed by atoms with E-state index in [1.54, 1.807) is 12.1 Å². The van der Waals surface area contributed by atoms with Gasteiger partial charge in [0.25, 0.3) is 0 Å². The van der Waals surface area contributed by atoms with Gasteiger partial charge in [-0.1, -0.05) is 13.0 Å². The van der Waals surface area contributed by atoms with Gasteiger partial charge in [0.1, 0.15) is 5.82 Å². The van der Waals surface area contributed by atoms with Gasteiger partial charge in [-0.25, -0.2) is 4.39 Å². The van der Waals surface area contributed by atoms with Crippen LogP contribution in [0, 0.1) is 5.82 Å². The topological polar surface area (TPSA) is 30.5 Å². The second-order valence-electron chi connectivity index (χ2n) is 6.61. The van der Waals surface area contributed by atoms with Gasteiger partial charge in [0.2, 0.25) is 0 Å². The van der Waals surface area contributed by atoms with Crippen LogP contribution in [0.1, 0.15) is 46.6 Å². The number of halogens is 1. The van der Waals surface area contributed by atoms with Crippen molar-refractivity contribution in [3.05, 3.63) is 29.6 Å². The van der Waals surface area contributed by atoms with Crippen molar-refractivity contribution < 1.29 is 13.7 Å². The maximum atomic E-state index is 13.5. The van der Waals surface area contributed by atoms with E-state index in [0.717, 1.165) is 24.0 Å². The minimum absolute atomic E-state index is 0.233. The van der Waals surface area contributed by atoms with Crippen molar-refractivity contribution in [3.8, 4) is 0 Å². The zero-order valence-electron chi connectivity index (χ0n) is 13.6. The predicted octanol–water partition coefficient (Wildman–Crippen LogP) is 2.62. The van der Waals surface area contributed by atoms with Gasteiger partial charge in [0.05, 0.1) is 11.2 Å². The average molecular weight is 293 g/mol. The van der Waals surface area contributed by atoms with Crippen molar-refractivity contribution in [1.82, 2.24) is 5.32 Å². The lowest BCUT2D eigenvalue weighted by Crippen LogP contribution is -2.41. The van der Waals surface area contributed by atoms with E-state index in [4.69, 9.17) is 9.31 Å². The maximum Gasteiger partial charge on any atom is 0.495 e. The van der Waals surface area contributed by atoms with Crippen molar-refractivity contribution in [1.29, 1.82) is 0 Å². The minimum Gasteiger partial charge on any atom is -0.399 e. The summed E-state index contributed by atoms with van der Waals surface area (Å²) in [6, 6.07) is 4.78. The highest BCUT2D eigenvalue weighted by Crippen LogP contribution is 2.36. The number of nitrogens with one attached hydrogen (secondary N) is 1. The summed E-state index contributed by atoms with van der Waals surface area (Å²) in [5, 5.41) is 3.31. The van der Waals surface area contributed by atoms with Crippen LogP contribution in [0.25, 0.3) is 0 Å². The fourth-order valence-corrected chi connectivity index (χ4v) is 2.33. The van der Waals surface area contributed by atoms with Gasteiger partial charge in [0, 0.05) is 6.54 Å². The predicted molar refractivity (Wildman–Crippen MR) is 84.1 cm³/mol. The highest BCUT2D eigenvalue weighted by atomic mass is 19.1. The van der Waals surface area contributed by atoms with E-state index in [1.807, 2.05) is 27.7 Å². The first-order chi connectivity index (χ1) is 9.77. The van der Waals surface area contributed by atoms with Crippen LogP contribution in [0.15, 0.2) is 18.2 Å². The smallest absolute Gasteiger partial charge is 0.399 e. The summed E-state index contributed by atoms with van der Waals surface area (Å²) in [6.45, 7) is 11.7. The highest BCUT2D eigenvalue weighted by Gasteiger charge is 2.52. The third kappa shape index (κ3) is 3.47. The van der Waals surface area contributed by atoms with Crippen LogP contribution in [0.4, 0.5) is 4.39 Å². The lowest BCUT2D eigenvalue weighted by molar-refractivity contribution is 0.00578. The second-order valence-corrected chi connectivity index (χ2v) is 6.61. The third-order valence-electron chi connectivity index (χ3n) is 4.35. The first-order valence-corrected chi connectivity index (χ1v) is 7.61. The van der Waals surface area contributed by atoms with Crippen molar-refractivity contribution >= 4 is 12.6 Å². The van der Waals surface area contributed by atoms with Crippen molar-refractivity contribution in [2.24, 2.45) is 0 Å². The zero-order chi connectivity index (χ0) is 15.7. The Morgan fingerprint density at radius 3 is 2.33 bits per heavy atom. The van der Waals surface area contributed by atoms with Crippen LogP contribution in [-0.4, -0.2) is 24.9 Å². The SMILES string of the molecule is CCCNCc1cc(F)ccc1B1OC(C)(C)C(C)(C)O1. The molecular formula is C16H25BFNO2. The Labute approximate surface area is 127 Å². The van der Waals surface area contributed by atoms with Gasteiger partial charge in [-0.3, -0.25) is 0 Å². The van der Waals surface area contributed by atoms with E-state index < -0.39 is 7.12 Å². The van der Waals surface area contributed by atoms with Crippen molar-refractivity contribution in [2.45, 2.75) is 58.8 Å². The van der Waals surface area contributed by atoms with Crippen molar-refractivity contribution in [2.75, 3.05) is 6.54 Å². The van der Waals surface area contributed by atoms with Crippen LogP contribution < -0.4 is 10.8 Å². The van der Waals surface area contributed by atoms with Crippen LogP contribution in [0.2, 0.25) is 0 Å². The molecule has 1 aromatic rings. The number of rotatable bonds is 5. The van der Waals surface area contributed by atoms with Gasteiger partial charge >= 0.3 is 7.12 Å². The molecule has 1 aliphatic heterocycles. The van der Waals surface area contributed by atoms with E-state index in [2.05, 4.69) is 12.2 Å². The summed E-state index contributed by atoms with van der Waals surface area (Å²) in [6.07, 6.45) is 1.04. The summed E-state index contributed by atoms with van der Waals surface area (Å²) >= 11 is 0. The Balaban J connectivity index is 2.24. The molecule has 0 aromatic heterocycles. The quantitative estimate of drug-likeness (QED) is 0.668. The Morgan fingerprint density at radius 1 is 1.14 bits per heavy atom. The average Bonchev–Trinajstić information content (AvgIpc) is 2.58. The molecule has 0 amide bonds. The third-order valence-corrected chi connectivity index (χ3v) is 4.35. The number of benzene rings is 1. The van der Waals surface area contributed by atoms with Gasteiger partial charge in [-0.05, 0) is 63.8 Å². The molecular weight excluding hydrogens is 268 g/mol. The zero-order valence-corrected chi connectivity index (χ0v) is 13.6. The summed E-state index contributed by atoms with van der Waals surface area (Å²) < 4.78 is 25.7. The van der Waals surface area contributed by atoms with Gasteiger partial charge in [-0.2, -0.15) is 0 Å². The molecule has 0 unspecified atom stereocenters. The largest absolute Gasteiger partial charge is 0.495 e. The van der Waals surface area contributed by atoms with Gasteiger partial charge < -0.3 is 14.6 Å². The minimum atomic E-state index is -0.450. The summed E-state index contributed by atoms with van der Waals surface area (Å²) in [5.41, 5.74) is 1.01. The molecule has 1 N–H and O–H groups in total. The number of hydrogen-bond donors (Lipinski definition) is 1. The van der Waals surface area contributed by atoms with E-state index in [-0.39, 0.29) is 17.0 Å². The molecule has 1 fully saturated rings. The molecule has 0 spiro atoms. The van der Waals surface area contributed by atoms with E-state index in [9.17, 15) is 4.39 Å². The van der Waals surface area contributed by atoms with Gasteiger partial charge in [-0.15, -0.1) is 0 Å². The molecule has 0 atom stereocenters. The fourth-order valence-electron chi connectivity index (χ4n) is 2.33. The second kappa shape index (κ2) is 6.07. The molecule has 116 valence electrons. The molecule has 1 heterocycles. The van der Waals surface area contributed by atoms with Crippen LogP contribution in [0.5, 0.6) is 0 Å². The molecule has 3 nitrogen and oxygen atoms in total. The van der Waals surface area contributed by atoms with Gasteiger partial charge in [0.15, 0.2) is 0 Å². The van der Waals surface area contributed by atoms with E-state index in [1.165, 1.54) is 6.07 Å². The van der Waals surface area contributed by atoms with E-state index >= 15 is 0 Å². The number of hydrogen-bond acceptors (Lipinski definition) is 3. The molecule has 1 saturated heterocycles. The lowest BCUT2D eigenvalue weighted by Gasteiger charge is -2.32. The fraction of sp³-hybridized carbons (Fsp3) is 0.625. The molecule has 21 heavy (non-hydrogen) atoms. The Morgan fingerprint density at radius 2 is 1.76 bits per heavy atom. The molecule has 0 bridgehead atoms. The molecule has 1 aromatic carbocycles. The Hall–Kier alpha value is -0.905. The van der Waals surface area contributed by atoms with Crippen LogP contribution in [0.3, 0.4) is 0 Å². The molecule has 0 aliphatic carbocycles. The van der Waals surface area contributed by atoms with Crippen LogP contribution >= 0.6 is 0 Å². The highest BCUT2D eigenvalue weighted by molar-refractivity contribution is 6.62. The molecule has 1 aliphatic rings. The lowest BCUT2D eigenvalue weighted by atomic mass is 9.76. The summed E-state index contributed by atoms with van der Waals surface area (Å²) in [7, 11) is -0.450. The Bertz CT molecular complexity index is 489. The first kappa shape index (κ1) is 16.5. The summed E-state index contributed by atoms with van der Waals surface area (Å²) in [5.74, 6) is -0.233. The molecule has 2 rings (SSSR count). The molecule has 0 saturated carbocycles. The molecule has 5 heteroatoms. The monoisotopic (exact) mass is 293 g/mol. The molecule has 0 radical (unpaired) electrons. The van der Waals surface area contributed by atoms with E-state index in [0.29, 0.717) is 6.54 Å². The normalized spacial score (nSPS) is 20.0. The summed E-state index contributed by atoms with van der Waals surface area (Å²) in [4.78, 5) is 0. The standard InChI is InChI=1S/C16H25BFNO2/c1-6-9-19-11-12-10-13(18)7-8-14(12)17-20-15(2,3)16(4,5)21-17/h7-8,10,19H,6,9,11H2,1-5H3. The maximum absolute atomic E-state index is 13.5. The Kier molecular flexibility index (Phi) is 4.76.